The molecule has 7 heteroatoms. The molecule has 0 aliphatic heterocycles. The molecule has 110 valence electrons. The molecule has 6 nitrogen and oxygen atoms in total. The largest absolute Gasteiger partial charge is 0.724 e. The highest BCUT2D eigenvalue weighted by molar-refractivity contribution is 7.80. The molecule has 0 saturated heterocycles. The first-order valence-electron chi connectivity index (χ1n) is 5.98. The number of nitrogens with zero attached hydrogens (tertiary/aromatic N) is 1. The van der Waals surface area contributed by atoms with Crippen LogP contribution in [-0.4, -0.2) is 18.9 Å². The third kappa shape index (κ3) is 4.12. The third-order valence-electron chi connectivity index (χ3n) is 2.66. The van der Waals surface area contributed by atoms with Crippen LogP contribution in [0, 0.1) is 0 Å². The molecule has 2 aromatic carbocycles. The Balaban J connectivity index is 2.30. The van der Waals surface area contributed by atoms with E-state index in [1.807, 2.05) is 30.3 Å². The number of hydrogen-bond donors (Lipinski definition) is 0. The van der Waals surface area contributed by atoms with Crippen LogP contribution in [0.3, 0.4) is 0 Å². The van der Waals surface area contributed by atoms with Gasteiger partial charge in [0.15, 0.2) is 0 Å². The lowest BCUT2D eigenvalue weighted by atomic mass is 10.1. The Bertz CT molecular complexity index is 726. The molecular weight excluding hydrogens is 294 g/mol. The summed E-state index contributed by atoms with van der Waals surface area (Å²) < 4.78 is 36.0. The Morgan fingerprint density at radius 2 is 1.52 bits per heavy atom. The Morgan fingerprint density at radius 3 is 2.00 bits per heavy atom. The predicted octanol–water partition coefficient (Wildman–Crippen LogP) is 2.10. The fraction of sp³-hybridized carbons (Fsp3) is 0.0714. The van der Waals surface area contributed by atoms with Crippen molar-refractivity contribution in [1.29, 1.82) is 0 Å². The molecule has 0 aromatic heterocycles. The minimum atomic E-state index is -5.02. The van der Waals surface area contributed by atoms with Gasteiger partial charge in [0.1, 0.15) is 0 Å². The van der Waals surface area contributed by atoms with Gasteiger partial charge in [-0.2, -0.15) is 9.35 Å². The second-order valence-electron chi connectivity index (χ2n) is 4.21. The van der Waals surface area contributed by atoms with Crippen LogP contribution >= 0.6 is 0 Å². The molecule has 0 unspecified atom stereocenters. The molecule has 0 saturated carbocycles. The van der Waals surface area contributed by atoms with Crippen LogP contribution in [0.2, 0.25) is 0 Å². The summed E-state index contributed by atoms with van der Waals surface area (Å²) in [5, 5.41) is 0.442. The molecule has 0 heterocycles. The van der Waals surface area contributed by atoms with Gasteiger partial charge in [-0.05, 0) is 23.3 Å². The van der Waals surface area contributed by atoms with Crippen LogP contribution in [-0.2, 0) is 19.5 Å². The number of carbonyl (C=O) groups excluding carboxylic acids is 1. The maximum absolute atomic E-state index is 11.4. The summed E-state index contributed by atoms with van der Waals surface area (Å²) in [6, 6.07) is 15.9. The number of carbonyl (C=O) groups is 1. The van der Waals surface area contributed by atoms with E-state index in [4.69, 9.17) is 0 Å². The topological polar surface area (TPSA) is 86.7 Å². The van der Waals surface area contributed by atoms with Crippen molar-refractivity contribution in [3.8, 4) is 11.1 Å². The van der Waals surface area contributed by atoms with Crippen molar-refractivity contribution in [3.63, 3.8) is 0 Å². The van der Waals surface area contributed by atoms with Gasteiger partial charge in [-0.15, -0.1) is 0 Å². The van der Waals surface area contributed by atoms with Gasteiger partial charge in [0.25, 0.3) is 0 Å². The van der Waals surface area contributed by atoms with Crippen molar-refractivity contribution < 1.29 is 22.0 Å². The van der Waals surface area contributed by atoms with Gasteiger partial charge in [-0.3, -0.25) is 4.79 Å². The highest BCUT2D eigenvalue weighted by atomic mass is 32.3. The first kappa shape index (κ1) is 15.2. The Labute approximate surface area is 122 Å². The van der Waals surface area contributed by atoms with Crippen LogP contribution in [0.1, 0.15) is 6.92 Å². The fourth-order valence-electron chi connectivity index (χ4n) is 1.79. The van der Waals surface area contributed by atoms with E-state index in [1.54, 1.807) is 12.1 Å². The van der Waals surface area contributed by atoms with E-state index >= 15 is 0 Å². The van der Waals surface area contributed by atoms with Crippen molar-refractivity contribution >= 4 is 22.0 Å². The van der Waals surface area contributed by atoms with E-state index in [1.165, 1.54) is 12.1 Å². The number of amides is 1. The van der Waals surface area contributed by atoms with Gasteiger partial charge in [0.05, 0.1) is 5.69 Å². The second-order valence-corrected chi connectivity index (χ2v) is 5.17. The molecule has 2 rings (SSSR count). The van der Waals surface area contributed by atoms with E-state index in [9.17, 15) is 17.8 Å². The summed E-state index contributed by atoms with van der Waals surface area (Å²) in [6.45, 7) is 1.09. The molecule has 0 spiro atoms. The molecule has 21 heavy (non-hydrogen) atoms. The SMILES string of the molecule is CC(=O)N(OS(=O)(=O)[O-])c1ccc(-c2ccccc2)cc1. The molecule has 0 bridgehead atoms. The zero-order valence-electron chi connectivity index (χ0n) is 11.1. The lowest BCUT2D eigenvalue weighted by Crippen LogP contribution is -2.31. The lowest BCUT2D eigenvalue weighted by Gasteiger charge is -2.21. The molecule has 0 aliphatic rings. The number of rotatable bonds is 4. The Kier molecular flexibility index (Phi) is 4.37. The minimum Gasteiger partial charge on any atom is -0.724 e. The molecular formula is C14H12NO5S-. The minimum absolute atomic E-state index is 0.154. The average Bonchev–Trinajstić information content (AvgIpc) is 2.45. The second kappa shape index (κ2) is 6.04. The van der Waals surface area contributed by atoms with Gasteiger partial charge < -0.3 is 4.55 Å². The number of anilines is 1. The zero-order chi connectivity index (χ0) is 15.5. The molecule has 1 amide bonds. The summed E-state index contributed by atoms with van der Waals surface area (Å²) in [5.41, 5.74) is 2.00. The molecule has 0 fully saturated rings. The molecule has 0 radical (unpaired) electrons. The van der Waals surface area contributed by atoms with Crippen molar-refractivity contribution in [3.05, 3.63) is 54.6 Å². The molecule has 0 N–H and O–H groups in total. The lowest BCUT2D eigenvalue weighted by molar-refractivity contribution is -0.120. The van der Waals surface area contributed by atoms with Gasteiger partial charge in [0.2, 0.25) is 16.3 Å². The maximum Gasteiger partial charge on any atom is 0.248 e. The van der Waals surface area contributed by atoms with E-state index < -0.39 is 16.3 Å². The standard InChI is InChI=1S/C14H13NO5S/c1-11(16)15(20-21(17,18)19)14-9-7-13(8-10-14)12-5-3-2-4-6-12/h2-10H,1H3,(H,17,18,19)/p-1. The summed E-state index contributed by atoms with van der Waals surface area (Å²) in [6.07, 6.45) is 0. The Hall–Kier alpha value is -2.22. The van der Waals surface area contributed by atoms with Crippen LogP contribution in [0.5, 0.6) is 0 Å². The van der Waals surface area contributed by atoms with Crippen molar-refractivity contribution in [1.82, 2.24) is 0 Å². The average molecular weight is 306 g/mol. The monoisotopic (exact) mass is 306 g/mol. The molecule has 0 atom stereocenters. The Morgan fingerprint density at radius 1 is 1.00 bits per heavy atom. The number of hydrogen-bond acceptors (Lipinski definition) is 5. The van der Waals surface area contributed by atoms with Gasteiger partial charge in [0, 0.05) is 6.92 Å². The van der Waals surface area contributed by atoms with Crippen LogP contribution < -0.4 is 5.06 Å². The number of benzene rings is 2. The quantitative estimate of drug-likeness (QED) is 0.490. The van der Waals surface area contributed by atoms with Crippen molar-refractivity contribution in [2.75, 3.05) is 5.06 Å². The van der Waals surface area contributed by atoms with Crippen molar-refractivity contribution in [2.45, 2.75) is 6.92 Å². The molecule has 2 aromatic rings. The van der Waals surface area contributed by atoms with E-state index in [2.05, 4.69) is 4.28 Å². The van der Waals surface area contributed by atoms with Gasteiger partial charge in [-0.25, -0.2) is 8.42 Å². The molecule has 0 aliphatic carbocycles. The first-order valence-corrected chi connectivity index (χ1v) is 7.32. The summed E-state index contributed by atoms with van der Waals surface area (Å²) in [5.74, 6) is -0.720. The van der Waals surface area contributed by atoms with Gasteiger partial charge in [-0.1, -0.05) is 42.5 Å². The summed E-state index contributed by atoms with van der Waals surface area (Å²) in [7, 11) is -5.02. The highest BCUT2D eigenvalue weighted by Gasteiger charge is 2.15. The summed E-state index contributed by atoms with van der Waals surface area (Å²) in [4.78, 5) is 11.4. The van der Waals surface area contributed by atoms with E-state index in [0.29, 0.717) is 5.06 Å². The number of hydroxylamine groups is 1. The van der Waals surface area contributed by atoms with Crippen molar-refractivity contribution in [2.24, 2.45) is 0 Å². The maximum atomic E-state index is 11.4. The highest BCUT2D eigenvalue weighted by Crippen LogP contribution is 2.23. The van der Waals surface area contributed by atoms with E-state index in [0.717, 1.165) is 18.1 Å². The normalized spacial score (nSPS) is 11.1. The van der Waals surface area contributed by atoms with Gasteiger partial charge >= 0.3 is 0 Å². The van der Waals surface area contributed by atoms with E-state index in [-0.39, 0.29) is 5.69 Å². The zero-order valence-corrected chi connectivity index (χ0v) is 11.9. The third-order valence-corrected chi connectivity index (χ3v) is 2.99. The first-order chi connectivity index (χ1) is 9.87. The smallest absolute Gasteiger partial charge is 0.248 e. The van der Waals surface area contributed by atoms with Crippen LogP contribution in [0.25, 0.3) is 11.1 Å². The van der Waals surface area contributed by atoms with Crippen LogP contribution in [0.15, 0.2) is 54.6 Å². The fourth-order valence-corrected chi connectivity index (χ4v) is 2.16. The predicted molar refractivity (Wildman–Crippen MR) is 75.8 cm³/mol. The summed E-state index contributed by atoms with van der Waals surface area (Å²) >= 11 is 0. The van der Waals surface area contributed by atoms with Crippen LogP contribution in [0.4, 0.5) is 5.69 Å².